The highest BCUT2D eigenvalue weighted by molar-refractivity contribution is 5.82. The fourth-order valence-electron chi connectivity index (χ4n) is 5.11. The summed E-state index contributed by atoms with van der Waals surface area (Å²) >= 11 is 0. The molecule has 0 saturated carbocycles. The Morgan fingerprint density at radius 3 is 2.93 bits per heavy atom. The molecule has 7 heteroatoms. The summed E-state index contributed by atoms with van der Waals surface area (Å²) in [6.45, 7) is 3.73. The zero-order chi connectivity index (χ0) is 20.1. The minimum absolute atomic E-state index is 0.00122. The van der Waals surface area contributed by atoms with Gasteiger partial charge in [-0.1, -0.05) is 18.2 Å². The van der Waals surface area contributed by atoms with Crippen LogP contribution in [0.25, 0.3) is 22.2 Å². The lowest BCUT2D eigenvalue weighted by Gasteiger charge is -2.34. The molecule has 2 saturated heterocycles. The van der Waals surface area contributed by atoms with Crippen molar-refractivity contribution < 1.29 is 9.53 Å². The Balaban J connectivity index is 1.29. The molecule has 1 aromatic carbocycles. The van der Waals surface area contributed by atoms with Gasteiger partial charge in [-0.2, -0.15) is 5.10 Å². The van der Waals surface area contributed by atoms with Gasteiger partial charge in [0.05, 0.1) is 30.5 Å². The predicted octanol–water partition coefficient (Wildman–Crippen LogP) is 2.94. The van der Waals surface area contributed by atoms with E-state index in [9.17, 15) is 4.79 Å². The van der Waals surface area contributed by atoms with Crippen LogP contribution in [0.1, 0.15) is 25.0 Å². The van der Waals surface area contributed by atoms with Crippen molar-refractivity contribution in [1.29, 1.82) is 0 Å². The summed E-state index contributed by atoms with van der Waals surface area (Å²) in [6.07, 6.45) is 5.10. The van der Waals surface area contributed by atoms with Gasteiger partial charge >= 0.3 is 6.03 Å². The van der Waals surface area contributed by atoms with Gasteiger partial charge in [0.1, 0.15) is 0 Å². The normalized spacial score (nSPS) is 23.5. The smallest absolute Gasteiger partial charge is 0.317 e. The number of hydrogen-bond acceptors (Lipinski definition) is 4. The van der Waals surface area contributed by atoms with E-state index in [-0.39, 0.29) is 17.5 Å². The summed E-state index contributed by atoms with van der Waals surface area (Å²) in [5, 5.41) is 9.14. The average molecular weight is 403 g/mol. The number of aryl methyl sites for hydroxylation is 1. The van der Waals surface area contributed by atoms with Crippen LogP contribution in [-0.2, 0) is 16.7 Å². The first-order valence-electron chi connectivity index (χ1n) is 10.8. The number of fused-ring (bicyclic) bond motifs is 3. The number of nitrogens with zero attached hydrogens (tertiary/aromatic N) is 4. The minimum atomic E-state index is 0.00122. The van der Waals surface area contributed by atoms with Gasteiger partial charge < -0.3 is 15.0 Å². The molecule has 6 rings (SSSR count). The van der Waals surface area contributed by atoms with Gasteiger partial charge in [-0.05, 0) is 37.5 Å². The first kappa shape index (κ1) is 17.9. The molecule has 1 spiro atoms. The molecule has 1 atom stereocenters. The van der Waals surface area contributed by atoms with Crippen LogP contribution in [0, 0.1) is 0 Å². The molecular weight excluding hydrogens is 378 g/mol. The Labute approximate surface area is 175 Å². The molecule has 3 aliphatic rings. The maximum atomic E-state index is 12.7. The standard InChI is InChI=1S/C23H25N5O2/c29-22(25-18-13-30-14-18)27-9-7-23(15-27)6-3-8-28-21(23)11-20(26-28)17-10-16-4-1-2-5-19(16)24-12-17/h1-2,4-5,10-12,18H,3,6-9,13-15H2,(H,25,29). The number of para-hydroxylation sites is 1. The molecule has 0 radical (unpaired) electrons. The summed E-state index contributed by atoms with van der Waals surface area (Å²) in [5.41, 5.74) is 4.28. The lowest BCUT2D eigenvalue weighted by Crippen LogP contribution is -2.53. The second kappa shape index (κ2) is 6.80. The van der Waals surface area contributed by atoms with E-state index in [1.54, 1.807) is 0 Å². The van der Waals surface area contributed by atoms with Gasteiger partial charge in [-0.3, -0.25) is 9.67 Å². The number of hydrogen-bond donors (Lipinski definition) is 1. The van der Waals surface area contributed by atoms with Crippen LogP contribution >= 0.6 is 0 Å². The minimum Gasteiger partial charge on any atom is -0.377 e. The third-order valence-corrected chi connectivity index (χ3v) is 6.84. The zero-order valence-corrected chi connectivity index (χ0v) is 16.9. The molecule has 2 fully saturated rings. The SMILES string of the molecule is O=C(NC1COC1)N1CCC2(CCCn3nc(-c4cnc5ccccc5c4)cc32)C1. The van der Waals surface area contributed by atoms with E-state index in [1.807, 2.05) is 29.3 Å². The van der Waals surface area contributed by atoms with Crippen molar-refractivity contribution in [3.05, 3.63) is 48.3 Å². The largest absolute Gasteiger partial charge is 0.377 e. The maximum Gasteiger partial charge on any atom is 0.317 e. The number of carbonyl (C=O) groups is 1. The van der Waals surface area contributed by atoms with Crippen molar-refractivity contribution in [2.75, 3.05) is 26.3 Å². The Kier molecular flexibility index (Phi) is 4.06. The van der Waals surface area contributed by atoms with Gasteiger partial charge in [0.2, 0.25) is 0 Å². The molecule has 30 heavy (non-hydrogen) atoms. The number of rotatable bonds is 2. The Hall–Kier alpha value is -2.93. The predicted molar refractivity (Wildman–Crippen MR) is 113 cm³/mol. The van der Waals surface area contributed by atoms with E-state index in [1.165, 1.54) is 5.69 Å². The molecule has 3 aliphatic heterocycles. The number of ether oxygens (including phenoxy) is 1. The third-order valence-electron chi connectivity index (χ3n) is 6.84. The molecule has 0 aliphatic carbocycles. The molecule has 5 heterocycles. The number of nitrogens with one attached hydrogen (secondary N) is 1. The monoisotopic (exact) mass is 403 g/mol. The fourth-order valence-corrected chi connectivity index (χ4v) is 5.11. The van der Waals surface area contributed by atoms with Gasteiger partial charge in [-0.15, -0.1) is 0 Å². The highest BCUT2D eigenvalue weighted by Gasteiger charge is 2.45. The molecule has 1 unspecified atom stereocenters. The Bertz CT molecular complexity index is 1120. The zero-order valence-electron chi connectivity index (χ0n) is 16.9. The Morgan fingerprint density at radius 2 is 2.07 bits per heavy atom. The highest BCUT2D eigenvalue weighted by atomic mass is 16.5. The number of benzene rings is 1. The lowest BCUT2D eigenvalue weighted by molar-refractivity contribution is -0.00178. The number of carbonyl (C=O) groups excluding carboxylic acids is 1. The second-order valence-electron chi connectivity index (χ2n) is 8.79. The van der Waals surface area contributed by atoms with E-state index in [2.05, 4.69) is 33.2 Å². The first-order valence-corrected chi connectivity index (χ1v) is 10.8. The van der Waals surface area contributed by atoms with Crippen molar-refractivity contribution in [1.82, 2.24) is 25.0 Å². The number of amides is 2. The average Bonchev–Trinajstić information content (AvgIpc) is 3.37. The topological polar surface area (TPSA) is 72.3 Å². The number of urea groups is 1. The van der Waals surface area contributed by atoms with Gasteiger partial charge in [0, 0.05) is 47.9 Å². The molecular formula is C23H25N5O2. The van der Waals surface area contributed by atoms with Gasteiger partial charge in [-0.25, -0.2) is 4.79 Å². The number of pyridine rings is 1. The third kappa shape index (κ3) is 2.88. The van der Waals surface area contributed by atoms with E-state index in [4.69, 9.17) is 9.84 Å². The lowest BCUT2D eigenvalue weighted by atomic mass is 9.77. The quantitative estimate of drug-likeness (QED) is 0.714. The summed E-state index contributed by atoms with van der Waals surface area (Å²) < 4.78 is 7.34. The maximum absolute atomic E-state index is 12.7. The highest BCUT2D eigenvalue weighted by Crippen LogP contribution is 2.43. The van der Waals surface area contributed by atoms with Crippen LogP contribution in [0.4, 0.5) is 4.79 Å². The molecule has 7 nitrogen and oxygen atoms in total. The van der Waals surface area contributed by atoms with Gasteiger partial charge in [0.15, 0.2) is 0 Å². The van der Waals surface area contributed by atoms with Crippen LogP contribution in [-0.4, -0.2) is 58.0 Å². The van der Waals surface area contributed by atoms with Crippen LogP contribution in [0.3, 0.4) is 0 Å². The molecule has 0 bridgehead atoms. The van der Waals surface area contributed by atoms with Crippen LogP contribution in [0.5, 0.6) is 0 Å². The van der Waals surface area contributed by atoms with Crippen LogP contribution in [0.2, 0.25) is 0 Å². The summed E-state index contributed by atoms with van der Waals surface area (Å²) in [6, 6.07) is 12.8. The number of likely N-dealkylation sites (tertiary alicyclic amines) is 1. The molecule has 2 amide bonds. The van der Waals surface area contributed by atoms with Crippen molar-refractivity contribution in [2.45, 2.75) is 37.3 Å². The molecule has 154 valence electrons. The van der Waals surface area contributed by atoms with Crippen molar-refractivity contribution in [3.8, 4) is 11.3 Å². The van der Waals surface area contributed by atoms with Crippen molar-refractivity contribution in [3.63, 3.8) is 0 Å². The number of aromatic nitrogens is 3. The van der Waals surface area contributed by atoms with Crippen LogP contribution in [0.15, 0.2) is 42.6 Å². The molecule has 3 aromatic rings. The van der Waals surface area contributed by atoms with E-state index in [0.717, 1.165) is 61.1 Å². The molecule has 1 N–H and O–H groups in total. The fraction of sp³-hybridized carbons (Fsp3) is 0.435. The summed E-state index contributed by atoms with van der Waals surface area (Å²) in [7, 11) is 0. The van der Waals surface area contributed by atoms with E-state index in [0.29, 0.717) is 13.2 Å². The molecule has 2 aromatic heterocycles. The van der Waals surface area contributed by atoms with E-state index < -0.39 is 0 Å². The van der Waals surface area contributed by atoms with Crippen molar-refractivity contribution in [2.24, 2.45) is 0 Å². The Morgan fingerprint density at radius 1 is 1.17 bits per heavy atom. The first-order chi connectivity index (χ1) is 14.7. The van der Waals surface area contributed by atoms with Crippen molar-refractivity contribution >= 4 is 16.9 Å². The van der Waals surface area contributed by atoms with Gasteiger partial charge in [0.25, 0.3) is 0 Å². The summed E-state index contributed by atoms with van der Waals surface area (Å²) in [4.78, 5) is 19.2. The second-order valence-corrected chi connectivity index (χ2v) is 8.79. The summed E-state index contributed by atoms with van der Waals surface area (Å²) in [5.74, 6) is 0. The van der Waals surface area contributed by atoms with Crippen LogP contribution < -0.4 is 5.32 Å². The van der Waals surface area contributed by atoms with E-state index >= 15 is 0 Å².